The van der Waals surface area contributed by atoms with Gasteiger partial charge in [0.25, 0.3) is 0 Å². The number of benzene rings is 1. The summed E-state index contributed by atoms with van der Waals surface area (Å²) in [5, 5.41) is 6.04. The van der Waals surface area contributed by atoms with Crippen LogP contribution in [-0.4, -0.2) is 25.1 Å². The summed E-state index contributed by atoms with van der Waals surface area (Å²) >= 11 is 1.48. The van der Waals surface area contributed by atoms with E-state index in [0.29, 0.717) is 5.16 Å². The Bertz CT molecular complexity index is 1080. The predicted octanol–water partition coefficient (Wildman–Crippen LogP) is 3.44. The minimum Gasteiger partial charge on any atom is -0.331 e. The number of para-hydroxylation sites is 2. The molecule has 0 fully saturated rings. The number of fused-ring (bicyclic) bond motifs is 2. The number of H-pyrrole nitrogens is 1. The molecular formula is C17H14N4O2S2. The maximum atomic E-state index is 12.7. The molecule has 1 amide bonds. The molecule has 0 saturated carbocycles. The number of rotatable bonds is 4. The molecule has 4 aromatic rings. The van der Waals surface area contributed by atoms with Crippen molar-refractivity contribution in [3.05, 3.63) is 47.6 Å². The van der Waals surface area contributed by atoms with Crippen LogP contribution in [0.1, 0.15) is 12.6 Å². The maximum absolute atomic E-state index is 12.7. The Hall–Kier alpha value is -2.58. The molecule has 3 aromatic heterocycles. The van der Waals surface area contributed by atoms with Crippen LogP contribution in [0.5, 0.6) is 0 Å². The first kappa shape index (κ1) is 15.9. The van der Waals surface area contributed by atoms with Gasteiger partial charge in [-0.3, -0.25) is 14.0 Å². The molecule has 6 nitrogen and oxygen atoms in total. The summed E-state index contributed by atoms with van der Waals surface area (Å²) in [6, 6.07) is 9.44. The number of hydrogen-bond acceptors (Lipinski definition) is 5. The molecule has 2 N–H and O–H groups in total. The normalized spacial score (nSPS) is 12.5. The monoisotopic (exact) mass is 370 g/mol. The van der Waals surface area contributed by atoms with Crippen LogP contribution in [0.4, 0.5) is 5.69 Å². The Morgan fingerprint density at radius 1 is 1.32 bits per heavy atom. The molecule has 8 heteroatoms. The molecule has 0 saturated heterocycles. The van der Waals surface area contributed by atoms with Crippen LogP contribution in [-0.2, 0) is 21.3 Å². The molecule has 0 aliphatic rings. The molecule has 0 bridgehead atoms. The van der Waals surface area contributed by atoms with Crippen molar-refractivity contribution in [3.8, 4) is 0 Å². The fourth-order valence-corrected chi connectivity index (χ4v) is 4.74. The third-order valence-corrected chi connectivity index (χ3v) is 5.93. The van der Waals surface area contributed by atoms with Gasteiger partial charge in [-0.1, -0.05) is 12.1 Å². The molecule has 25 heavy (non-hydrogen) atoms. The standard InChI is InChI=1S/C17H14N4O2S2/c1-10(22)19-14-8-24-16-11(14)6-7-18-15(16)9-25(23)17-20-12-4-2-3-5-13(12)21-17/h2-8H,9H2,1H3,(H,19,22)(H,20,21). The lowest BCUT2D eigenvalue weighted by Gasteiger charge is -2.03. The summed E-state index contributed by atoms with van der Waals surface area (Å²) in [7, 11) is -1.33. The van der Waals surface area contributed by atoms with Gasteiger partial charge in [0.1, 0.15) is 0 Å². The van der Waals surface area contributed by atoms with E-state index in [-0.39, 0.29) is 11.7 Å². The van der Waals surface area contributed by atoms with Gasteiger partial charge in [-0.05, 0) is 18.2 Å². The van der Waals surface area contributed by atoms with Crippen LogP contribution in [0, 0.1) is 0 Å². The zero-order valence-electron chi connectivity index (χ0n) is 13.3. The maximum Gasteiger partial charge on any atom is 0.221 e. The van der Waals surface area contributed by atoms with E-state index < -0.39 is 10.8 Å². The summed E-state index contributed by atoms with van der Waals surface area (Å²) in [6.45, 7) is 1.47. The van der Waals surface area contributed by atoms with E-state index in [1.54, 1.807) is 6.20 Å². The number of carbonyl (C=O) groups excluding carboxylic acids is 1. The molecule has 0 aliphatic heterocycles. The number of imidazole rings is 1. The van der Waals surface area contributed by atoms with Crippen molar-refractivity contribution >= 4 is 54.9 Å². The molecule has 1 unspecified atom stereocenters. The van der Waals surface area contributed by atoms with E-state index in [0.717, 1.165) is 32.5 Å². The lowest BCUT2D eigenvalue weighted by atomic mass is 10.2. The molecule has 1 aromatic carbocycles. The van der Waals surface area contributed by atoms with Crippen molar-refractivity contribution in [2.24, 2.45) is 0 Å². The molecule has 0 aliphatic carbocycles. The fraction of sp³-hybridized carbons (Fsp3) is 0.118. The van der Waals surface area contributed by atoms with Gasteiger partial charge in [0.05, 0.1) is 43.7 Å². The number of pyridine rings is 1. The van der Waals surface area contributed by atoms with E-state index in [2.05, 4.69) is 20.3 Å². The lowest BCUT2D eigenvalue weighted by molar-refractivity contribution is -0.114. The second-order valence-corrected chi connectivity index (χ2v) is 7.76. The van der Waals surface area contributed by atoms with Crippen LogP contribution < -0.4 is 5.32 Å². The number of carbonyl (C=O) groups is 1. The number of anilines is 1. The highest BCUT2D eigenvalue weighted by Gasteiger charge is 2.15. The quantitative estimate of drug-likeness (QED) is 0.576. The van der Waals surface area contributed by atoms with Gasteiger partial charge in [0.15, 0.2) is 5.16 Å². The Labute approximate surface area is 149 Å². The predicted molar refractivity (Wildman–Crippen MR) is 100 cm³/mol. The van der Waals surface area contributed by atoms with Crippen molar-refractivity contribution in [2.75, 3.05) is 5.32 Å². The first-order valence-corrected chi connectivity index (χ1v) is 9.77. The van der Waals surface area contributed by atoms with Gasteiger partial charge in [-0.2, -0.15) is 0 Å². The van der Waals surface area contributed by atoms with Gasteiger partial charge in [-0.25, -0.2) is 4.98 Å². The minimum absolute atomic E-state index is 0.121. The summed E-state index contributed by atoms with van der Waals surface area (Å²) in [6.07, 6.45) is 1.67. The largest absolute Gasteiger partial charge is 0.331 e. The van der Waals surface area contributed by atoms with Gasteiger partial charge in [0.2, 0.25) is 5.91 Å². The highest BCUT2D eigenvalue weighted by Crippen LogP contribution is 2.32. The molecule has 126 valence electrons. The number of nitrogens with one attached hydrogen (secondary N) is 2. The van der Waals surface area contributed by atoms with E-state index in [1.807, 2.05) is 35.7 Å². The minimum atomic E-state index is -1.33. The smallest absolute Gasteiger partial charge is 0.221 e. The molecule has 4 rings (SSSR count). The van der Waals surface area contributed by atoms with Gasteiger partial charge >= 0.3 is 0 Å². The molecule has 1 atom stereocenters. The van der Waals surface area contributed by atoms with Crippen molar-refractivity contribution in [1.82, 2.24) is 15.0 Å². The fourth-order valence-electron chi connectivity index (χ4n) is 2.64. The van der Waals surface area contributed by atoms with Crippen LogP contribution in [0.3, 0.4) is 0 Å². The van der Waals surface area contributed by atoms with E-state index >= 15 is 0 Å². The van der Waals surface area contributed by atoms with Crippen molar-refractivity contribution in [3.63, 3.8) is 0 Å². The van der Waals surface area contributed by atoms with Crippen LogP contribution in [0.25, 0.3) is 21.1 Å². The summed E-state index contributed by atoms with van der Waals surface area (Å²) in [5.41, 5.74) is 3.14. The van der Waals surface area contributed by atoms with Crippen LogP contribution in [0.2, 0.25) is 0 Å². The number of nitrogens with zero attached hydrogens (tertiary/aromatic N) is 2. The van der Waals surface area contributed by atoms with Crippen molar-refractivity contribution < 1.29 is 9.00 Å². The Morgan fingerprint density at radius 2 is 2.16 bits per heavy atom. The average molecular weight is 370 g/mol. The molecule has 0 spiro atoms. The number of thiophene rings is 1. The second-order valence-electron chi connectivity index (χ2n) is 5.51. The molecule has 3 heterocycles. The second kappa shape index (κ2) is 6.38. The number of hydrogen-bond donors (Lipinski definition) is 2. The Balaban J connectivity index is 1.67. The third kappa shape index (κ3) is 3.06. The summed E-state index contributed by atoms with van der Waals surface area (Å²) in [5.74, 6) is 0.140. The van der Waals surface area contributed by atoms with Gasteiger partial charge in [-0.15, -0.1) is 11.3 Å². The first-order valence-electron chi connectivity index (χ1n) is 7.57. The zero-order valence-corrected chi connectivity index (χ0v) is 14.9. The number of aromatic nitrogens is 3. The lowest BCUT2D eigenvalue weighted by Crippen LogP contribution is -2.05. The molecule has 0 radical (unpaired) electrons. The topological polar surface area (TPSA) is 87.7 Å². The van der Waals surface area contributed by atoms with Crippen LogP contribution in [0.15, 0.2) is 47.1 Å². The van der Waals surface area contributed by atoms with E-state index in [1.165, 1.54) is 18.3 Å². The highest BCUT2D eigenvalue weighted by atomic mass is 32.2. The Morgan fingerprint density at radius 3 is 2.96 bits per heavy atom. The Kier molecular flexibility index (Phi) is 4.06. The zero-order chi connectivity index (χ0) is 17.4. The summed E-state index contributed by atoms with van der Waals surface area (Å²) in [4.78, 5) is 23.2. The average Bonchev–Trinajstić information content (AvgIpc) is 3.19. The van der Waals surface area contributed by atoms with Gasteiger partial charge in [0, 0.05) is 23.9 Å². The molecular weight excluding hydrogens is 356 g/mol. The first-order chi connectivity index (χ1) is 12.1. The van der Waals surface area contributed by atoms with Crippen LogP contribution >= 0.6 is 11.3 Å². The van der Waals surface area contributed by atoms with Gasteiger partial charge < -0.3 is 10.3 Å². The summed E-state index contributed by atoms with van der Waals surface area (Å²) < 4.78 is 13.7. The van der Waals surface area contributed by atoms with E-state index in [4.69, 9.17) is 0 Å². The third-order valence-electron chi connectivity index (χ3n) is 3.72. The van der Waals surface area contributed by atoms with E-state index in [9.17, 15) is 9.00 Å². The number of amides is 1. The SMILES string of the molecule is CC(=O)Nc1csc2c(CS(=O)c3nc4ccccc4[nH]3)nccc12. The van der Waals surface area contributed by atoms with Crippen molar-refractivity contribution in [2.45, 2.75) is 17.8 Å². The highest BCUT2D eigenvalue weighted by molar-refractivity contribution is 7.84. The van der Waals surface area contributed by atoms with Crippen molar-refractivity contribution in [1.29, 1.82) is 0 Å². The number of aromatic amines is 1.